The SMILES string of the molecule is COc1c(N[C@@H](Cc2ccc(C(=O)c3ccccc3)cc2)C(=O)O)c(=O)c1=O. The number of rotatable bonds is 8. The van der Waals surface area contributed by atoms with Crippen molar-refractivity contribution >= 4 is 17.4 Å². The number of ketones is 1. The smallest absolute Gasteiger partial charge is 0.326 e. The summed E-state index contributed by atoms with van der Waals surface area (Å²) in [5.41, 5.74) is -0.00534. The Bertz CT molecular complexity index is 1080. The van der Waals surface area contributed by atoms with Gasteiger partial charge in [-0.1, -0.05) is 54.6 Å². The van der Waals surface area contributed by atoms with Crippen molar-refractivity contribution in [2.45, 2.75) is 12.5 Å². The van der Waals surface area contributed by atoms with Crippen LogP contribution in [-0.4, -0.2) is 30.0 Å². The zero-order valence-electron chi connectivity index (χ0n) is 15.0. The quantitative estimate of drug-likeness (QED) is 0.452. The topological polar surface area (TPSA) is 110 Å². The number of anilines is 1. The van der Waals surface area contributed by atoms with E-state index in [1.54, 1.807) is 48.5 Å². The molecule has 3 aromatic carbocycles. The maximum atomic E-state index is 12.4. The van der Waals surface area contributed by atoms with Gasteiger partial charge in [-0.2, -0.15) is 0 Å². The molecule has 0 heterocycles. The monoisotopic (exact) mass is 379 g/mol. The van der Waals surface area contributed by atoms with Crippen molar-refractivity contribution in [3.05, 3.63) is 91.7 Å². The summed E-state index contributed by atoms with van der Waals surface area (Å²) < 4.78 is 4.81. The number of hydrogen-bond acceptors (Lipinski definition) is 6. The Morgan fingerprint density at radius 1 is 0.964 bits per heavy atom. The Labute approximate surface area is 159 Å². The Morgan fingerprint density at radius 2 is 1.57 bits per heavy atom. The van der Waals surface area contributed by atoms with Gasteiger partial charge in [-0.25, -0.2) is 4.79 Å². The highest BCUT2D eigenvalue weighted by atomic mass is 16.5. The van der Waals surface area contributed by atoms with Gasteiger partial charge in [0.15, 0.2) is 11.5 Å². The molecule has 0 fully saturated rings. The molecule has 3 rings (SSSR count). The number of carboxylic acid groups (broad SMARTS) is 1. The maximum absolute atomic E-state index is 12.4. The van der Waals surface area contributed by atoms with E-state index in [-0.39, 0.29) is 23.6 Å². The van der Waals surface area contributed by atoms with Crippen LogP contribution < -0.4 is 20.9 Å². The summed E-state index contributed by atoms with van der Waals surface area (Å²) in [7, 11) is 1.24. The number of carbonyl (C=O) groups is 2. The van der Waals surface area contributed by atoms with Gasteiger partial charge in [-0.3, -0.25) is 14.4 Å². The van der Waals surface area contributed by atoms with Crippen molar-refractivity contribution in [3.63, 3.8) is 0 Å². The van der Waals surface area contributed by atoms with Gasteiger partial charge >= 0.3 is 5.97 Å². The number of carboxylic acids is 1. The van der Waals surface area contributed by atoms with Crippen molar-refractivity contribution in [1.82, 2.24) is 0 Å². The van der Waals surface area contributed by atoms with Crippen LogP contribution in [0, 0.1) is 0 Å². The molecule has 28 heavy (non-hydrogen) atoms. The first kappa shape index (κ1) is 19.0. The molecule has 0 aliphatic heterocycles. The lowest BCUT2D eigenvalue weighted by atomic mass is 9.99. The third kappa shape index (κ3) is 3.68. The molecule has 7 heteroatoms. The molecule has 0 saturated heterocycles. The summed E-state index contributed by atoms with van der Waals surface area (Å²) in [6.07, 6.45) is 0.0527. The van der Waals surface area contributed by atoms with Crippen molar-refractivity contribution < 1.29 is 19.4 Å². The van der Waals surface area contributed by atoms with Crippen LogP contribution in [-0.2, 0) is 11.2 Å². The second-order valence-electron chi connectivity index (χ2n) is 6.20. The van der Waals surface area contributed by atoms with Crippen LogP contribution >= 0.6 is 0 Å². The number of hydrogen-bond donors (Lipinski definition) is 2. The molecular formula is C21H17NO6. The highest BCUT2D eigenvalue weighted by molar-refractivity contribution is 6.08. The Hall–Kier alpha value is -3.74. The number of carbonyl (C=O) groups excluding carboxylic acids is 1. The zero-order chi connectivity index (χ0) is 20.3. The Balaban J connectivity index is 1.75. The predicted octanol–water partition coefficient (Wildman–Crippen LogP) is 1.63. The van der Waals surface area contributed by atoms with E-state index in [9.17, 15) is 24.3 Å². The van der Waals surface area contributed by atoms with Crippen LogP contribution in [0.3, 0.4) is 0 Å². The first-order valence-electron chi connectivity index (χ1n) is 8.47. The molecule has 3 aromatic rings. The van der Waals surface area contributed by atoms with Crippen LogP contribution in [0.1, 0.15) is 21.5 Å². The third-order valence-corrected chi connectivity index (χ3v) is 4.38. The fraction of sp³-hybridized carbons (Fsp3) is 0.143. The minimum absolute atomic E-state index is 0.0527. The van der Waals surface area contributed by atoms with E-state index in [0.717, 1.165) is 0 Å². The molecule has 0 spiro atoms. The number of aliphatic carboxylic acids is 1. The second kappa shape index (κ2) is 7.87. The first-order chi connectivity index (χ1) is 13.4. The molecule has 0 amide bonds. The van der Waals surface area contributed by atoms with Crippen LogP contribution in [0.15, 0.2) is 64.2 Å². The standard InChI is InChI=1S/C21H17NO6/c1-28-20-16(18(24)19(20)25)22-15(21(26)27)11-12-7-9-14(10-8-12)17(23)13-5-3-2-4-6-13/h2-10,15,22H,11H2,1H3,(H,26,27)/t15-/m0/s1. The minimum Gasteiger partial charge on any atom is -0.491 e. The fourth-order valence-electron chi connectivity index (χ4n) is 2.86. The molecule has 0 saturated carbocycles. The number of ether oxygens (including phenoxy) is 1. The van der Waals surface area contributed by atoms with Crippen LogP contribution in [0.25, 0.3) is 0 Å². The minimum atomic E-state index is -1.18. The summed E-state index contributed by atoms with van der Waals surface area (Å²) in [4.78, 5) is 47.0. The number of benzene rings is 2. The van der Waals surface area contributed by atoms with Crippen molar-refractivity contribution in [3.8, 4) is 5.75 Å². The highest BCUT2D eigenvalue weighted by Gasteiger charge is 2.27. The molecule has 0 aromatic heterocycles. The zero-order valence-corrected chi connectivity index (χ0v) is 15.0. The van der Waals surface area contributed by atoms with Gasteiger partial charge in [0, 0.05) is 17.5 Å². The summed E-state index contributed by atoms with van der Waals surface area (Å²) >= 11 is 0. The lowest BCUT2D eigenvalue weighted by molar-refractivity contribution is -0.137. The van der Waals surface area contributed by atoms with Gasteiger partial charge in [-0.15, -0.1) is 0 Å². The van der Waals surface area contributed by atoms with Crippen molar-refractivity contribution in [2.24, 2.45) is 0 Å². The van der Waals surface area contributed by atoms with Gasteiger partial charge in [0.25, 0.3) is 10.9 Å². The largest absolute Gasteiger partial charge is 0.491 e. The molecule has 0 aliphatic carbocycles. The van der Waals surface area contributed by atoms with E-state index >= 15 is 0 Å². The molecule has 142 valence electrons. The number of methoxy groups -OCH3 is 1. The van der Waals surface area contributed by atoms with E-state index < -0.39 is 22.9 Å². The van der Waals surface area contributed by atoms with E-state index in [0.29, 0.717) is 16.7 Å². The fourth-order valence-corrected chi connectivity index (χ4v) is 2.86. The molecule has 2 N–H and O–H groups in total. The van der Waals surface area contributed by atoms with Gasteiger partial charge in [0.05, 0.1) is 7.11 Å². The van der Waals surface area contributed by atoms with Gasteiger partial charge in [-0.05, 0) is 5.56 Å². The first-order valence-corrected chi connectivity index (χ1v) is 8.47. The predicted molar refractivity (Wildman–Crippen MR) is 103 cm³/mol. The second-order valence-corrected chi connectivity index (χ2v) is 6.20. The van der Waals surface area contributed by atoms with E-state index in [2.05, 4.69) is 5.32 Å². The summed E-state index contributed by atoms with van der Waals surface area (Å²) in [5.74, 6) is -1.48. The Morgan fingerprint density at radius 3 is 2.14 bits per heavy atom. The highest BCUT2D eigenvalue weighted by Crippen LogP contribution is 2.19. The molecule has 0 bridgehead atoms. The van der Waals surface area contributed by atoms with E-state index in [1.807, 2.05) is 6.07 Å². The summed E-state index contributed by atoms with van der Waals surface area (Å²) in [6.45, 7) is 0. The maximum Gasteiger partial charge on any atom is 0.326 e. The molecule has 7 nitrogen and oxygen atoms in total. The summed E-state index contributed by atoms with van der Waals surface area (Å²) in [6, 6.07) is 14.3. The molecular weight excluding hydrogens is 362 g/mol. The molecule has 0 radical (unpaired) electrons. The van der Waals surface area contributed by atoms with Gasteiger partial charge in [0.1, 0.15) is 11.7 Å². The molecule has 1 atom stereocenters. The average molecular weight is 379 g/mol. The summed E-state index contributed by atoms with van der Waals surface area (Å²) in [5, 5.41) is 12.0. The Kier molecular flexibility index (Phi) is 5.35. The molecule has 0 aliphatic rings. The normalized spacial score (nSPS) is 11.8. The molecule has 0 unspecified atom stereocenters. The lowest BCUT2D eigenvalue weighted by Crippen LogP contribution is -2.41. The average Bonchev–Trinajstić information content (AvgIpc) is 2.72. The van der Waals surface area contributed by atoms with Crippen LogP contribution in [0.5, 0.6) is 5.75 Å². The van der Waals surface area contributed by atoms with Gasteiger partial charge in [0.2, 0.25) is 0 Å². The third-order valence-electron chi connectivity index (χ3n) is 4.38. The number of nitrogens with one attached hydrogen (secondary N) is 1. The van der Waals surface area contributed by atoms with Crippen molar-refractivity contribution in [2.75, 3.05) is 12.4 Å². The van der Waals surface area contributed by atoms with E-state index in [1.165, 1.54) is 7.11 Å². The van der Waals surface area contributed by atoms with Crippen molar-refractivity contribution in [1.29, 1.82) is 0 Å². The van der Waals surface area contributed by atoms with Crippen LogP contribution in [0.4, 0.5) is 5.69 Å². The van der Waals surface area contributed by atoms with Gasteiger partial charge < -0.3 is 15.2 Å². The van der Waals surface area contributed by atoms with Crippen LogP contribution in [0.2, 0.25) is 0 Å². The lowest BCUT2D eigenvalue weighted by Gasteiger charge is -2.18. The van der Waals surface area contributed by atoms with E-state index in [4.69, 9.17) is 4.74 Å².